The van der Waals surface area contributed by atoms with Crippen molar-refractivity contribution >= 4 is 16.0 Å². The molecule has 0 aliphatic heterocycles. The average Bonchev–Trinajstić information content (AvgIpc) is 2.55. The number of hydrogen-bond acceptors (Lipinski definition) is 4. The molecule has 0 aliphatic carbocycles. The lowest BCUT2D eigenvalue weighted by Crippen LogP contribution is -2.27. The fraction of sp³-hybridized carbons (Fsp3) is 0.294. The Hall–Kier alpha value is -2.25. The van der Waals surface area contributed by atoms with E-state index in [1.165, 1.54) is 12.1 Å². The van der Waals surface area contributed by atoms with Crippen LogP contribution in [0.5, 0.6) is 0 Å². The highest BCUT2D eigenvalue weighted by molar-refractivity contribution is 7.89. The summed E-state index contributed by atoms with van der Waals surface area (Å²) in [5.74, 6) is -1.20. The van der Waals surface area contributed by atoms with Crippen molar-refractivity contribution in [3.8, 4) is 0 Å². The van der Waals surface area contributed by atoms with Gasteiger partial charge in [0.1, 0.15) is 0 Å². The lowest BCUT2D eigenvalue weighted by Gasteiger charge is -2.14. The molecule has 0 spiro atoms. The van der Waals surface area contributed by atoms with Crippen LogP contribution in [0.2, 0.25) is 0 Å². The molecule has 2 rings (SSSR count). The zero-order valence-corrected chi connectivity index (χ0v) is 14.4. The maximum absolute atomic E-state index is 12.6. The molecule has 0 unspecified atom stereocenters. The minimum absolute atomic E-state index is 0.0124. The van der Waals surface area contributed by atoms with E-state index >= 15 is 0 Å². The number of aromatic nitrogens is 1. The van der Waals surface area contributed by atoms with Crippen LogP contribution in [0.3, 0.4) is 0 Å². The Labute approximate surface area is 141 Å². The van der Waals surface area contributed by atoms with Gasteiger partial charge < -0.3 is 5.11 Å². The summed E-state index contributed by atoms with van der Waals surface area (Å²) >= 11 is 0. The summed E-state index contributed by atoms with van der Waals surface area (Å²) in [6.07, 6.45) is 2.10. The van der Waals surface area contributed by atoms with Crippen LogP contribution >= 0.6 is 0 Å². The molecule has 0 saturated heterocycles. The Morgan fingerprint density at radius 3 is 2.58 bits per heavy atom. The molecule has 0 aliphatic rings. The standard InChI is InChI=1S/C17H20N2O4S/c1-12(2)15-7-6-13(17(20)21)11-16(15)24(22,23)19-10-8-14-5-3-4-9-18-14/h3-7,9,11-12,19H,8,10H2,1-2H3,(H,20,21). The van der Waals surface area contributed by atoms with Gasteiger partial charge in [0.15, 0.2) is 0 Å². The fourth-order valence-corrected chi connectivity index (χ4v) is 3.74. The van der Waals surface area contributed by atoms with Crippen molar-refractivity contribution in [2.75, 3.05) is 6.54 Å². The first kappa shape index (κ1) is 18.1. The van der Waals surface area contributed by atoms with Gasteiger partial charge in [0.05, 0.1) is 10.5 Å². The van der Waals surface area contributed by atoms with Gasteiger partial charge >= 0.3 is 5.97 Å². The van der Waals surface area contributed by atoms with Crippen LogP contribution in [0.4, 0.5) is 0 Å². The molecule has 0 radical (unpaired) electrons. The number of carboxylic acid groups (broad SMARTS) is 1. The lowest BCUT2D eigenvalue weighted by atomic mass is 10.0. The predicted molar refractivity (Wildman–Crippen MR) is 90.6 cm³/mol. The van der Waals surface area contributed by atoms with Crippen molar-refractivity contribution < 1.29 is 18.3 Å². The topological polar surface area (TPSA) is 96.4 Å². The second kappa shape index (κ2) is 7.55. The summed E-state index contributed by atoms with van der Waals surface area (Å²) < 4.78 is 27.7. The Balaban J connectivity index is 2.23. The Morgan fingerprint density at radius 1 is 1.25 bits per heavy atom. The molecule has 0 saturated carbocycles. The molecule has 2 aromatic rings. The Morgan fingerprint density at radius 2 is 2.00 bits per heavy atom. The summed E-state index contributed by atoms with van der Waals surface area (Å²) in [6.45, 7) is 3.92. The molecule has 6 nitrogen and oxygen atoms in total. The first-order valence-electron chi connectivity index (χ1n) is 7.58. The molecule has 0 atom stereocenters. The molecule has 128 valence electrons. The van der Waals surface area contributed by atoms with Crippen molar-refractivity contribution in [2.45, 2.75) is 31.1 Å². The number of nitrogens with one attached hydrogen (secondary N) is 1. The third-order valence-electron chi connectivity index (χ3n) is 3.57. The highest BCUT2D eigenvalue weighted by Gasteiger charge is 2.21. The van der Waals surface area contributed by atoms with Gasteiger partial charge in [-0.05, 0) is 35.7 Å². The molecule has 1 aromatic carbocycles. The Kier molecular flexibility index (Phi) is 5.69. The number of carbonyl (C=O) groups is 1. The van der Waals surface area contributed by atoms with Gasteiger partial charge in [-0.1, -0.05) is 26.0 Å². The van der Waals surface area contributed by atoms with E-state index in [9.17, 15) is 13.2 Å². The minimum Gasteiger partial charge on any atom is -0.478 e. The molecule has 0 bridgehead atoms. The van der Waals surface area contributed by atoms with Gasteiger partial charge in [-0.15, -0.1) is 0 Å². The number of sulfonamides is 1. The monoisotopic (exact) mass is 348 g/mol. The maximum atomic E-state index is 12.6. The maximum Gasteiger partial charge on any atom is 0.335 e. The minimum atomic E-state index is -3.80. The van der Waals surface area contributed by atoms with Crippen LogP contribution in [0.15, 0.2) is 47.5 Å². The van der Waals surface area contributed by atoms with Crippen LogP contribution in [0.25, 0.3) is 0 Å². The van der Waals surface area contributed by atoms with Crippen LogP contribution in [0, 0.1) is 0 Å². The summed E-state index contributed by atoms with van der Waals surface area (Å²) in [6, 6.07) is 9.63. The van der Waals surface area contributed by atoms with Crippen molar-refractivity contribution in [3.63, 3.8) is 0 Å². The number of carboxylic acids is 1. The van der Waals surface area contributed by atoms with Gasteiger partial charge in [0.25, 0.3) is 0 Å². The zero-order valence-electron chi connectivity index (χ0n) is 13.6. The van der Waals surface area contributed by atoms with Crippen molar-refractivity contribution in [1.29, 1.82) is 0 Å². The third-order valence-corrected chi connectivity index (χ3v) is 5.09. The first-order valence-corrected chi connectivity index (χ1v) is 9.06. The number of aromatic carboxylic acids is 1. The quantitative estimate of drug-likeness (QED) is 0.801. The van der Waals surface area contributed by atoms with E-state index < -0.39 is 16.0 Å². The summed E-state index contributed by atoms with van der Waals surface area (Å²) in [7, 11) is -3.80. The highest BCUT2D eigenvalue weighted by Crippen LogP contribution is 2.25. The highest BCUT2D eigenvalue weighted by atomic mass is 32.2. The molecule has 24 heavy (non-hydrogen) atoms. The SMILES string of the molecule is CC(C)c1ccc(C(=O)O)cc1S(=O)(=O)NCCc1ccccn1. The number of nitrogens with zero attached hydrogens (tertiary/aromatic N) is 1. The van der Waals surface area contributed by atoms with Crippen LogP contribution in [0.1, 0.15) is 41.4 Å². The summed E-state index contributed by atoms with van der Waals surface area (Å²) in [4.78, 5) is 15.3. The zero-order chi connectivity index (χ0) is 17.7. The van der Waals surface area contributed by atoms with E-state index in [4.69, 9.17) is 5.11 Å². The molecule has 1 heterocycles. The van der Waals surface area contributed by atoms with Gasteiger partial charge in [-0.2, -0.15) is 0 Å². The first-order chi connectivity index (χ1) is 11.3. The average molecular weight is 348 g/mol. The number of pyridine rings is 1. The van der Waals surface area contributed by atoms with E-state index in [-0.39, 0.29) is 22.9 Å². The predicted octanol–water partition coefficient (Wildman–Crippen LogP) is 2.42. The molecule has 7 heteroatoms. The van der Waals surface area contributed by atoms with Crippen LogP contribution < -0.4 is 4.72 Å². The van der Waals surface area contributed by atoms with Crippen molar-refractivity contribution in [3.05, 3.63) is 59.4 Å². The summed E-state index contributed by atoms with van der Waals surface area (Å²) in [5.41, 5.74) is 1.32. The number of rotatable bonds is 7. The van der Waals surface area contributed by atoms with E-state index in [0.717, 1.165) is 5.69 Å². The third kappa shape index (κ3) is 4.39. The van der Waals surface area contributed by atoms with E-state index in [0.29, 0.717) is 12.0 Å². The lowest BCUT2D eigenvalue weighted by molar-refractivity contribution is 0.0696. The fourth-order valence-electron chi connectivity index (χ4n) is 2.31. The number of benzene rings is 1. The molecule has 0 amide bonds. The van der Waals surface area contributed by atoms with Gasteiger partial charge in [0, 0.05) is 24.9 Å². The Bertz CT molecular complexity index is 818. The van der Waals surface area contributed by atoms with E-state index in [1.807, 2.05) is 26.0 Å². The van der Waals surface area contributed by atoms with Gasteiger partial charge in [-0.3, -0.25) is 4.98 Å². The van der Waals surface area contributed by atoms with Crippen molar-refractivity contribution in [1.82, 2.24) is 9.71 Å². The van der Waals surface area contributed by atoms with Crippen LogP contribution in [-0.2, 0) is 16.4 Å². The normalized spacial score (nSPS) is 11.6. The van der Waals surface area contributed by atoms with Crippen molar-refractivity contribution in [2.24, 2.45) is 0 Å². The smallest absolute Gasteiger partial charge is 0.335 e. The van der Waals surface area contributed by atoms with Gasteiger partial charge in [0.2, 0.25) is 10.0 Å². The second-order valence-electron chi connectivity index (χ2n) is 5.68. The number of hydrogen-bond donors (Lipinski definition) is 2. The largest absolute Gasteiger partial charge is 0.478 e. The molecular weight excluding hydrogens is 328 g/mol. The van der Waals surface area contributed by atoms with Gasteiger partial charge in [-0.25, -0.2) is 17.9 Å². The second-order valence-corrected chi connectivity index (χ2v) is 7.42. The molecule has 1 aromatic heterocycles. The molecule has 0 fully saturated rings. The molecular formula is C17H20N2O4S. The van der Waals surface area contributed by atoms with E-state index in [1.54, 1.807) is 18.3 Å². The van der Waals surface area contributed by atoms with Crippen LogP contribution in [-0.4, -0.2) is 31.0 Å². The van der Waals surface area contributed by atoms with E-state index in [2.05, 4.69) is 9.71 Å². The molecule has 2 N–H and O–H groups in total. The summed E-state index contributed by atoms with van der Waals surface area (Å²) in [5, 5.41) is 9.11.